The van der Waals surface area contributed by atoms with Crippen molar-refractivity contribution in [1.29, 1.82) is 0 Å². The van der Waals surface area contributed by atoms with Crippen LogP contribution in [0.1, 0.15) is 31.2 Å². The maximum atomic E-state index is 13.2. The van der Waals surface area contributed by atoms with Gasteiger partial charge in [-0.15, -0.1) is 0 Å². The third kappa shape index (κ3) is 4.31. The molecule has 1 atom stereocenters. The van der Waals surface area contributed by atoms with Crippen molar-refractivity contribution < 1.29 is 14.3 Å². The van der Waals surface area contributed by atoms with Gasteiger partial charge in [0.1, 0.15) is 5.82 Å². The van der Waals surface area contributed by atoms with Gasteiger partial charge in [0, 0.05) is 12.5 Å². The van der Waals surface area contributed by atoms with Gasteiger partial charge < -0.3 is 10.0 Å². The van der Waals surface area contributed by atoms with Crippen LogP contribution in [0.25, 0.3) is 0 Å². The first kappa shape index (κ1) is 14.0. The molecule has 0 amide bonds. The van der Waals surface area contributed by atoms with E-state index in [9.17, 15) is 9.18 Å². The zero-order chi connectivity index (χ0) is 13.7. The lowest BCUT2D eigenvalue weighted by Crippen LogP contribution is -2.32. The standard InChI is InChI=1S/C15H20FNO2/c16-13-5-1-4-12(10-13)11-14-6-2-8-17(14)9-3-7-15(18)19/h1,4-5,10,14H,2-3,6-9,11H2,(H,18,19). The molecule has 1 aliphatic rings. The lowest BCUT2D eigenvalue weighted by molar-refractivity contribution is -0.137. The van der Waals surface area contributed by atoms with Crippen molar-refractivity contribution >= 4 is 5.97 Å². The normalized spacial score (nSPS) is 19.7. The number of benzene rings is 1. The van der Waals surface area contributed by atoms with Crippen molar-refractivity contribution in [3.63, 3.8) is 0 Å². The van der Waals surface area contributed by atoms with Gasteiger partial charge in [-0.05, 0) is 56.5 Å². The summed E-state index contributed by atoms with van der Waals surface area (Å²) in [6.45, 7) is 1.85. The summed E-state index contributed by atoms with van der Waals surface area (Å²) >= 11 is 0. The van der Waals surface area contributed by atoms with E-state index in [1.54, 1.807) is 12.1 Å². The number of aliphatic carboxylic acids is 1. The predicted molar refractivity (Wildman–Crippen MR) is 71.6 cm³/mol. The van der Waals surface area contributed by atoms with E-state index >= 15 is 0 Å². The Bertz CT molecular complexity index is 436. The van der Waals surface area contributed by atoms with Gasteiger partial charge in [0.2, 0.25) is 0 Å². The molecule has 0 bridgehead atoms. The first-order valence-corrected chi connectivity index (χ1v) is 6.85. The summed E-state index contributed by atoms with van der Waals surface area (Å²) < 4.78 is 13.2. The van der Waals surface area contributed by atoms with E-state index in [4.69, 9.17) is 5.11 Å². The Hall–Kier alpha value is -1.42. The van der Waals surface area contributed by atoms with Gasteiger partial charge in [-0.1, -0.05) is 12.1 Å². The Morgan fingerprint density at radius 2 is 2.32 bits per heavy atom. The van der Waals surface area contributed by atoms with Crippen LogP contribution in [0.3, 0.4) is 0 Å². The van der Waals surface area contributed by atoms with Gasteiger partial charge >= 0.3 is 5.97 Å². The van der Waals surface area contributed by atoms with Crippen LogP contribution >= 0.6 is 0 Å². The number of carboxylic acid groups (broad SMARTS) is 1. The molecule has 1 aliphatic heterocycles. The second-order valence-corrected chi connectivity index (χ2v) is 5.16. The molecule has 0 radical (unpaired) electrons. The summed E-state index contributed by atoms with van der Waals surface area (Å²) in [5.74, 6) is -0.922. The van der Waals surface area contributed by atoms with Crippen molar-refractivity contribution in [2.24, 2.45) is 0 Å². The number of carboxylic acids is 1. The van der Waals surface area contributed by atoms with Gasteiger partial charge in [0.15, 0.2) is 0 Å². The molecule has 1 saturated heterocycles. The average molecular weight is 265 g/mol. The summed E-state index contributed by atoms with van der Waals surface area (Å²) in [7, 11) is 0. The summed E-state index contributed by atoms with van der Waals surface area (Å²) in [6.07, 6.45) is 4.03. The molecule has 1 unspecified atom stereocenters. The first-order valence-electron chi connectivity index (χ1n) is 6.85. The topological polar surface area (TPSA) is 40.5 Å². The fourth-order valence-electron chi connectivity index (χ4n) is 2.79. The van der Waals surface area contributed by atoms with Gasteiger partial charge in [-0.2, -0.15) is 0 Å². The summed E-state index contributed by atoms with van der Waals surface area (Å²) in [5.41, 5.74) is 1.02. The van der Waals surface area contributed by atoms with E-state index in [0.717, 1.165) is 37.9 Å². The first-order chi connectivity index (χ1) is 9.15. The van der Waals surface area contributed by atoms with Crippen molar-refractivity contribution in [1.82, 2.24) is 4.90 Å². The molecule has 3 nitrogen and oxygen atoms in total. The van der Waals surface area contributed by atoms with Crippen LogP contribution in [0.5, 0.6) is 0 Å². The Morgan fingerprint density at radius 3 is 3.05 bits per heavy atom. The van der Waals surface area contributed by atoms with Crippen molar-refractivity contribution in [2.45, 2.75) is 38.1 Å². The third-order valence-corrected chi connectivity index (χ3v) is 3.70. The Balaban J connectivity index is 1.86. The number of hydrogen-bond donors (Lipinski definition) is 1. The van der Waals surface area contributed by atoms with Crippen LogP contribution in [0.2, 0.25) is 0 Å². The molecular formula is C15H20FNO2. The predicted octanol–water partition coefficient (Wildman–Crippen LogP) is 2.70. The van der Waals surface area contributed by atoms with Gasteiger partial charge in [-0.3, -0.25) is 4.79 Å². The van der Waals surface area contributed by atoms with Gasteiger partial charge in [-0.25, -0.2) is 4.39 Å². The SMILES string of the molecule is O=C(O)CCCN1CCCC1Cc1cccc(F)c1. The molecule has 2 rings (SSSR count). The Kier molecular flexibility index (Phi) is 4.91. The smallest absolute Gasteiger partial charge is 0.303 e. The number of rotatable bonds is 6. The van der Waals surface area contributed by atoms with E-state index in [-0.39, 0.29) is 12.2 Å². The monoisotopic (exact) mass is 265 g/mol. The van der Waals surface area contributed by atoms with Crippen LogP contribution in [0.15, 0.2) is 24.3 Å². The van der Waals surface area contributed by atoms with Crippen molar-refractivity contribution in [3.8, 4) is 0 Å². The zero-order valence-corrected chi connectivity index (χ0v) is 11.0. The molecule has 1 N–H and O–H groups in total. The largest absolute Gasteiger partial charge is 0.481 e. The van der Waals surface area contributed by atoms with Crippen LogP contribution in [-0.4, -0.2) is 35.1 Å². The molecule has 4 heteroatoms. The Morgan fingerprint density at radius 1 is 1.47 bits per heavy atom. The quantitative estimate of drug-likeness (QED) is 0.859. The number of hydrogen-bond acceptors (Lipinski definition) is 2. The molecule has 1 heterocycles. The minimum atomic E-state index is -0.735. The van der Waals surface area contributed by atoms with Crippen LogP contribution in [-0.2, 0) is 11.2 Å². The van der Waals surface area contributed by atoms with Crippen LogP contribution in [0, 0.1) is 5.82 Å². The fourth-order valence-corrected chi connectivity index (χ4v) is 2.79. The number of likely N-dealkylation sites (tertiary alicyclic amines) is 1. The second kappa shape index (κ2) is 6.66. The molecule has 1 aromatic carbocycles. The fraction of sp³-hybridized carbons (Fsp3) is 0.533. The molecular weight excluding hydrogens is 245 g/mol. The van der Waals surface area contributed by atoms with E-state index in [1.165, 1.54) is 6.07 Å². The lowest BCUT2D eigenvalue weighted by Gasteiger charge is -2.24. The maximum Gasteiger partial charge on any atom is 0.303 e. The maximum absolute atomic E-state index is 13.2. The zero-order valence-electron chi connectivity index (χ0n) is 11.0. The van der Waals surface area contributed by atoms with Crippen molar-refractivity contribution in [3.05, 3.63) is 35.6 Å². The highest BCUT2D eigenvalue weighted by Gasteiger charge is 2.24. The molecule has 1 aromatic rings. The van der Waals surface area contributed by atoms with Crippen molar-refractivity contribution in [2.75, 3.05) is 13.1 Å². The van der Waals surface area contributed by atoms with E-state index < -0.39 is 5.97 Å². The molecule has 0 aliphatic carbocycles. The summed E-state index contributed by atoms with van der Waals surface area (Å²) in [4.78, 5) is 12.9. The molecule has 0 spiro atoms. The van der Waals surface area contributed by atoms with E-state index in [0.29, 0.717) is 12.5 Å². The Labute approximate surface area is 113 Å². The van der Waals surface area contributed by atoms with E-state index in [1.807, 2.05) is 6.07 Å². The minimum absolute atomic E-state index is 0.187. The second-order valence-electron chi connectivity index (χ2n) is 5.16. The van der Waals surface area contributed by atoms with E-state index in [2.05, 4.69) is 4.90 Å². The third-order valence-electron chi connectivity index (χ3n) is 3.70. The highest BCUT2D eigenvalue weighted by molar-refractivity contribution is 5.66. The highest BCUT2D eigenvalue weighted by Crippen LogP contribution is 2.21. The number of carbonyl (C=O) groups is 1. The molecule has 19 heavy (non-hydrogen) atoms. The molecule has 1 fully saturated rings. The van der Waals surface area contributed by atoms with Crippen LogP contribution < -0.4 is 0 Å². The number of halogens is 1. The average Bonchev–Trinajstić information content (AvgIpc) is 2.76. The highest BCUT2D eigenvalue weighted by atomic mass is 19.1. The van der Waals surface area contributed by atoms with Gasteiger partial charge in [0.05, 0.1) is 0 Å². The molecule has 0 aromatic heterocycles. The summed E-state index contributed by atoms with van der Waals surface area (Å²) in [6, 6.07) is 7.18. The minimum Gasteiger partial charge on any atom is -0.481 e. The van der Waals surface area contributed by atoms with Crippen LogP contribution in [0.4, 0.5) is 4.39 Å². The molecule has 0 saturated carbocycles. The number of nitrogens with zero attached hydrogens (tertiary/aromatic N) is 1. The lowest BCUT2D eigenvalue weighted by atomic mass is 10.0. The van der Waals surface area contributed by atoms with Gasteiger partial charge in [0.25, 0.3) is 0 Å². The summed E-state index contributed by atoms with van der Waals surface area (Å²) in [5, 5.41) is 8.66. The molecule has 104 valence electrons.